The van der Waals surface area contributed by atoms with Crippen LogP contribution in [-0.2, 0) is 21.9 Å². The summed E-state index contributed by atoms with van der Waals surface area (Å²) in [6.45, 7) is 0. The van der Waals surface area contributed by atoms with Crippen LogP contribution in [0.15, 0.2) is 0 Å². The molecule has 6 nitrogen and oxygen atoms in total. The van der Waals surface area contributed by atoms with E-state index in [1.54, 1.807) is 0 Å². The molecule has 0 amide bonds. The fourth-order valence-corrected chi connectivity index (χ4v) is 0. The van der Waals surface area contributed by atoms with Crippen LogP contribution in [0.1, 0.15) is 0 Å². The molecule has 0 N–H and O–H groups in total. The maximum atomic E-state index is 8.58. The third-order valence-corrected chi connectivity index (χ3v) is 0. The average Bonchev–Trinajstić information content (AvgIpc) is 1.25. The maximum absolute atomic E-state index is 8.58. The predicted molar refractivity (Wildman–Crippen MR) is 17.6 cm³/mol. The van der Waals surface area contributed by atoms with E-state index in [1.165, 1.54) is 0 Å². The Morgan fingerprint density at radius 1 is 1.10 bits per heavy atom. The van der Waals surface area contributed by atoms with E-state index < -0.39 is 24.8 Å². The standard InChI is InChI=1S/CH2O3.2Mg.3O.Ti/c2-1(3)4;;;;;;/h(H2,2,3,4);;;;;;/q;2*+2;;2*-1;/p-2. The van der Waals surface area contributed by atoms with Crippen molar-refractivity contribution in [3.8, 4) is 0 Å². The first kappa shape index (κ1) is 22.5. The molecule has 0 rings (SSSR count). The Morgan fingerprint density at radius 2 is 1.10 bits per heavy atom. The molecule has 48 valence electrons. The fourth-order valence-electron chi connectivity index (χ4n) is 0. The van der Waals surface area contributed by atoms with Crippen LogP contribution in [0.2, 0.25) is 0 Å². The number of carbonyl (C=O) groups is 1. The summed E-state index contributed by atoms with van der Waals surface area (Å²) < 4.78 is 25.8. The third kappa shape index (κ3) is 410. The molecule has 0 saturated carbocycles. The van der Waals surface area contributed by atoms with E-state index in [0.717, 1.165) is 0 Å². The predicted octanol–water partition coefficient (Wildman–Crippen LogP) is -5.71. The second kappa shape index (κ2) is 16.7. The fraction of sp³-hybridized carbons (Fsp3) is 0. The molecule has 0 heterocycles. The van der Waals surface area contributed by atoms with Gasteiger partial charge in [-0.2, -0.15) is 0 Å². The quantitative estimate of drug-likeness (QED) is 0.362. The van der Waals surface area contributed by atoms with E-state index in [1.807, 2.05) is 0 Å². The summed E-state index contributed by atoms with van der Waals surface area (Å²) in [5, 5.41) is 16.7. The number of hydrogen-bond acceptors (Lipinski definition) is 6. The van der Waals surface area contributed by atoms with Gasteiger partial charge in [0.05, 0.1) is 0 Å². The average molecular weight is 204 g/mol. The molecule has 0 bridgehead atoms. The minimum atomic E-state index is -4.08. The Hall–Kier alpha value is 1.24. The van der Waals surface area contributed by atoms with Gasteiger partial charge in [-0.1, -0.05) is 0 Å². The molecule has 0 spiro atoms. The van der Waals surface area contributed by atoms with Gasteiger partial charge >= 0.3 is 75.4 Å². The van der Waals surface area contributed by atoms with Gasteiger partial charge in [-0.05, 0) is 6.16 Å². The molecule has 0 aromatic heterocycles. The molecule has 0 fully saturated rings. The van der Waals surface area contributed by atoms with Gasteiger partial charge in [0.1, 0.15) is 0 Å². The van der Waals surface area contributed by atoms with E-state index >= 15 is 0 Å². The van der Waals surface area contributed by atoms with Crippen molar-refractivity contribution in [3.05, 3.63) is 0 Å². The minimum absolute atomic E-state index is 0. The molecule has 10 heavy (non-hydrogen) atoms. The Labute approximate surface area is 95.6 Å². The van der Waals surface area contributed by atoms with E-state index in [4.69, 9.17) is 25.7 Å². The summed E-state index contributed by atoms with van der Waals surface area (Å²) >= 11 is -4.08. The second-order valence-electron chi connectivity index (χ2n) is 0.500. The van der Waals surface area contributed by atoms with Gasteiger partial charge in [0, 0.05) is 0 Å². The first-order valence-corrected chi connectivity index (χ1v) is 3.14. The molecular weight excluding hydrogens is 204 g/mol. The van der Waals surface area contributed by atoms with Crippen LogP contribution < -0.4 is 17.6 Å². The normalized spacial score (nSPS) is 5.00. The number of carbonyl (C=O) groups excluding carboxylic acids is 1. The Morgan fingerprint density at radius 3 is 1.10 bits per heavy atom. The van der Waals surface area contributed by atoms with Gasteiger partial charge in [-0.15, -0.1) is 0 Å². The van der Waals surface area contributed by atoms with Crippen LogP contribution in [0.3, 0.4) is 0 Å². The van der Waals surface area contributed by atoms with Gasteiger partial charge in [0.25, 0.3) is 0 Å². The Bertz CT molecular complexity index is 73.7. The van der Waals surface area contributed by atoms with E-state index in [2.05, 4.69) is 0 Å². The molecule has 0 aromatic rings. The molecule has 0 atom stereocenters. The molecule has 0 unspecified atom stereocenters. The van der Waals surface area contributed by atoms with Gasteiger partial charge in [0.2, 0.25) is 0 Å². The summed E-state index contributed by atoms with van der Waals surface area (Å²) in [5.74, 6) is 0. The summed E-state index contributed by atoms with van der Waals surface area (Å²) in [7, 11) is 0. The first-order chi connectivity index (χ1) is 3.46. The number of hydrogen-bond donors (Lipinski definition) is 0. The summed E-state index contributed by atoms with van der Waals surface area (Å²) in [6.07, 6.45) is -2.33. The van der Waals surface area contributed by atoms with Crippen LogP contribution in [-0.4, -0.2) is 52.3 Å². The van der Waals surface area contributed by atoms with Crippen LogP contribution in [0.5, 0.6) is 0 Å². The van der Waals surface area contributed by atoms with E-state index in [-0.39, 0.29) is 46.1 Å². The van der Waals surface area contributed by atoms with Gasteiger partial charge in [-0.25, -0.2) is 0 Å². The number of carboxylic acid groups (broad SMARTS) is 2. The third-order valence-electron chi connectivity index (χ3n) is 0. The second-order valence-corrected chi connectivity index (χ2v) is 1.28. The molecule has 9 heteroatoms. The van der Waals surface area contributed by atoms with Crippen molar-refractivity contribution < 1.29 is 44.3 Å². The molecule has 0 aliphatic carbocycles. The summed E-state index contributed by atoms with van der Waals surface area (Å²) in [6, 6.07) is 0. The molecular formula is CMg2O6Ti. The molecule has 0 aliphatic rings. The van der Waals surface area contributed by atoms with Crippen molar-refractivity contribution in [2.75, 3.05) is 0 Å². The van der Waals surface area contributed by atoms with Gasteiger partial charge in [-0.3, -0.25) is 0 Å². The first-order valence-electron chi connectivity index (χ1n) is 1.22. The van der Waals surface area contributed by atoms with Crippen molar-refractivity contribution in [1.29, 1.82) is 0 Å². The van der Waals surface area contributed by atoms with Crippen LogP contribution in [0, 0.1) is 0 Å². The van der Waals surface area contributed by atoms with Crippen LogP contribution in [0.4, 0.5) is 4.79 Å². The van der Waals surface area contributed by atoms with Gasteiger partial charge < -0.3 is 15.0 Å². The van der Waals surface area contributed by atoms with Gasteiger partial charge in [0.15, 0.2) is 0 Å². The van der Waals surface area contributed by atoms with Crippen molar-refractivity contribution in [2.45, 2.75) is 0 Å². The topological polar surface area (TPSA) is 126 Å². The van der Waals surface area contributed by atoms with E-state index in [9.17, 15) is 0 Å². The van der Waals surface area contributed by atoms with Crippen molar-refractivity contribution in [2.24, 2.45) is 0 Å². The van der Waals surface area contributed by atoms with Crippen LogP contribution >= 0.6 is 0 Å². The monoisotopic (exact) mass is 204 g/mol. The zero-order valence-electron chi connectivity index (χ0n) is 4.86. The SMILES string of the molecule is O=C([O-])[O-].[Mg+2].[Mg+2].[O]=[Ti]([O-])[O-]. The molecule has 0 saturated heterocycles. The Kier molecular flexibility index (Phi) is 37.5. The summed E-state index contributed by atoms with van der Waals surface area (Å²) in [5.41, 5.74) is 0. The molecule has 0 radical (unpaired) electrons. The number of rotatable bonds is 0. The summed E-state index contributed by atoms with van der Waals surface area (Å²) in [4.78, 5) is 8.33. The zero-order valence-corrected chi connectivity index (χ0v) is 9.25. The Balaban J connectivity index is -0.0000000300. The van der Waals surface area contributed by atoms with Crippen molar-refractivity contribution in [3.63, 3.8) is 0 Å². The van der Waals surface area contributed by atoms with Crippen molar-refractivity contribution >= 4 is 52.3 Å². The van der Waals surface area contributed by atoms with E-state index in [0.29, 0.717) is 0 Å². The molecule has 0 aromatic carbocycles. The van der Waals surface area contributed by atoms with Crippen molar-refractivity contribution in [1.82, 2.24) is 0 Å². The van der Waals surface area contributed by atoms with Crippen LogP contribution in [0.25, 0.3) is 0 Å². The molecule has 0 aliphatic heterocycles. The zero-order chi connectivity index (χ0) is 7.15.